The number of halogens is 2. The third-order valence-corrected chi connectivity index (χ3v) is 6.33. The quantitative estimate of drug-likeness (QED) is 0.314. The van der Waals surface area contributed by atoms with Crippen LogP contribution in [0.3, 0.4) is 0 Å². The van der Waals surface area contributed by atoms with Crippen molar-refractivity contribution in [3.05, 3.63) is 46.1 Å². The van der Waals surface area contributed by atoms with Crippen LogP contribution in [0.4, 0.5) is 0 Å². The Morgan fingerprint density at radius 3 is 1.70 bits per heavy atom. The van der Waals surface area contributed by atoms with Crippen LogP contribution >= 0.6 is 24.8 Å². The minimum absolute atomic E-state index is 0. The third-order valence-electron chi connectivity index (χ3n) is 4.81. The molecule has 1 radical (unpaired) electrons. The zero-order valence-corrected chi connectivity index (χ0v) is 25.2. The largest absolute Gasteiger partial charge is 0.508 e. The topological polar surface area (TPSA) is 20.2 Å². The Hall–Kier alpha value is -0.119. The van der Waals surface area contributed by atoms with E-state index in [2.05, 4.69) is 108 Å². The van der Waals surface area contributed by atoms with Gasteiger partial charge in [-0.3, -0.25) is 6.08 Å². The molecule has 0 aliphatic heterocycles. The van der Waals surface area contributed by atoms with E-state index in [-0.39, 0.29) is 30.2 Å². The van der Waals surface area contributed by atoms with E-state index in [1.165, 1.54) is 31.3 Å². The number of hydrogen-bond acceptors (Lipinski definition) is 1. The Labute approximate surface area is 212 Å². The molecule has 1 aromatic carbocycles. The monoisotopic (exact) mass is 504 g/mol. The molecule has 0 saturated heterocycles. The van der Waals surface area contributed by atoms with E-state index in [0.29, 0.717) is 11.7 Å². The predicted molar refractivity (Wildman–Crippen MR) is 139 cm³/mol. The van der Waals surface area contributed by atoms with Crippen molar-refractivity contribution < 1.29 is 25.1 Å². The van der Waals surface area contributed by atoms with Gasteiger partial charge in [0.15, 0.2) is 0 Å². The van der Waals surface area contributed by atoms with Gasteiger partial charge in [0.25, 0.3) is 0 Å². The van der Waals surface area contributed by atoms with E-state index in [1.54, 1.807) is 0 Å². The Morgan fingerprint density at radius 2 is 1.47 bits per heavy atom. The molecule has 1 nitrogen and oxygen atoms in total. The summed E-state index contributed by atoms with van der Waals surface area (Å²) in [6, 6.07) is 4.09. The molecular formula is C25H42Cl2OSiTi. The first-order chi connectivity index (χ1) is 12.6. The number of hydrogen-bond donors (Lipinski definition) is 1. The minimum Gasteiger partial charge on any atom is -0.508 e. The molecule has 1 unspecified atom stereocenters. The summed E-state index contributed by atoms with van der Waals surface area (Å²) < 4.78 is 1.42. The molecule has 0 amide bonds. The van der Waals surface area contributed by atoms with E-state index in [1.807, 2.05) is 13.0 Å². The fraction of sp³-hybridized carbons (Fsp3) is 0.560. The van der Waals surface area contributed by atoms with Crippen LogP contribution in [0.25, 0.3) is 0 Å². The maximum absolute atomic E-state index is 10.0. The van der Waals surface area contributed by atoms with Gasteiger partial charge in [-0.1, -0.05) is 66.6 Å². The SMILES string of the molecule is CC1=[C-]C(C)C(C)=C1C.C[C](C)=[Ti+].Cc1cc(O)c([Si](C)C)c(C(C)(C)C)c1.Cl.Cl. The van der Waals surface area contributed by atoms with Crippen LogP contribution in [0.1, 0.15) is 73.4 Å². The third kappa shape index (κ3) is 11.5. The first kappa shape index (κ1) is 34.5. The normalized spacial score (nSPS) is 15.2. The summed E-state index contributed by atoms with van der Waals surface area (Å²) in [4.78, 5) is 0. The molecule has 0 aromatic heterocycles. The van der Waals surface area contributed by atoms with Crippen molar-refractivity contribution in [2.75, 3.05) is 0 Å². The Kier molecular flexibility index (Phi) is 17.1. The van der Waals surface area contributed by atoms with Gasteiger partial charge in [-0.25, -0.2) is 5.57 Å². The van der Waals surface area contributed by atoms with Crippen LogP contribution < -0.4 is 5.19 Å². The van der Waals surface area contributed by atoms with Gasteiger partial charge in [0.1, 0.15) is 5.75 Å². The fourth-order valence-corrected chi connectivity index (χ4v) is 4.62. The number of phenolic OH excluding ortho intramolecular Hbond substituents is 1. The van der Waals surface area contributed by atoms with Gasteiger partial charge in [-0.15, -0.1) is 31.7 Å². The summed E-state index contributed by atoms with van der Waals surface area (Å²) in [6.45, 7) is 25.9. The van der Waals surface area contributed by atoms with E-state index < -0.39 is 8.80 Å². The summed E-state index contributed by atoms with van der Waals surface area (Å²) in [7, 11) is -0.621. The summed E-state index contributed by atoms with van der Waals surface area (Å²) >= 11 is 2.08. The molecule has 30 heavy (non-hydrogen) atoms. The van der Waals surface area contributed by atoms with Gasteiger partial charge in [-0.2, -0.15) is 11.1 Å². The maximum Gasteiger partial charge on any atom is 0.115 e. The Bertz CT molecular complexity index is 755. The van der Waals surface area contributed by atoms with Crippen molar-refractivity contribution in [2.24, 2.45) is 5.92 Å². The maximum atomic E-state index is 10.0. The van der Waals surface area contributed by atoms with Gasteiger partial charge >= 0.3 is 37.6 Å². The zero-order chi connectivity index (χ0) is 22.4. The second-order valence-electron chi connectivity index (χ2n) is 9.26. The molecule has 1 aliphatic rings. The molecule has 1 aliphatic carbocycles. The number of allylic oxidation sites excluding steroid dienone is 4. The summed E-state index contributed by atoms with van der Waals surface area (Å²) in [6.07, 6.45) is 3.36. The molecule has 0 heterocycles. The molecule has 0 fully saturated rings. The van der Waals surface area contributed by atoms with Crippen LogP contribution in [0.15, 0.2) is 28.9 Å². The zero-order valence-electron chi connectivity index (χ0n) is 21.0. The second kappa shape index (κ2) is 14.9. The van der Waals surface area contributed by atoms with E-state index in [9.17, 15) is 5.11 Å². The number of rotatable bonds is 1. The standard InChI is InChI=1S/C13H21OSi.C9H13.C3H6.2ClH.Ti/c1-9-7-10(13(2,3)4)12(15(5)6)11(14)8-9;1-6-5-7(2)9(4)8(6)3;1-3-2;;;/h7-8,14H,1-6H3;6H,1-4H3;1-2H3;2*1H;/q;-1;;;;+1. The van der Waals surface area contributed by atoms with E-state index in [0.717, 1.165) is 5.56 Å². The number of phenols is 1. The average Bonchev–Trinajstić information content (AvgIpc) is 2.71. The fourth-order valence-electron chi connectivity index (χ4n) is 3.05. The predicted octanol–water partition coefficient (Wildman–Crippen LogP) is 7.27. The number of benzene rings is 1. The summed E-state index contributed by atoms with van der Waals surface area (Å²) in [5.74, 6) is 1.05. The van der Waals surface area contributed by atoms with Gasteiger partial charge in [0.05, 0.1) is 8.80 Å². The van der Waals surface area contributed by atoms with Crippen molar-refractivity contribution in [3.8, 4) is 5.75 Å². The van der Waals surface area contributed by atoms with Crippen LogP contribution in [-0.4, -0.2) is 17.7 Å². The van der Waals surface area contributed by atoms with E-state index in [4.69, 9.17) is 0 Å². The molecular weight excluding hydrogens is 463 g/mol. The number of aromatic hydroxyl groups is 1. The van der Waals surface area contributed by atoms with Crippen LogP contribution in [0.2, 0.25) is 13.1 Å². The number of aryl methyl sites for hydroxylation is 1. The van der Waals surface area contributed by atoms with Crippen molar-refractivity contribution in [3.63, 3.8) is 0 Å². The molecule has 0 saturated carbocycles. The smallest absolute Gasteiger partial charge is 0.115 e. The van der Waals surface area contributed by atoms with Crippen molar-refractivity contribution in [1.82, 2.24) is 0 Å². The minimum atomic E-state index is -0.621. The first-order valence-corrected chi connectivity index (χ1v) is 13.3. The van der Waals surface area contributed by atoms with Gasteiger partial charge in [-0.05, 0) is 34.7 Å². The summed E-state index contributed by atoms with van der Waals surface area (Å²) in [5, 5.41) is 11.2. The van der Waals surface area contributed by atoms with Crippen molar-refractivity contribution in [1.29, 1.82) is 0 Å². The molecule has 0 spiro atoms. The van der Waals surface area contributed by atoms with Crippen LogP contribution in [0.5, 0.6) is 5.75 Å². The van der Waals surface area contributed by atoms with Crippen molar-refractivity contribution in [2.45, 2.75) is 87.7 Å². The molecule has 0 bridgehead atoms. The Morgan fingerprint density at radius 1 is 1.03 bits per heavy atom. The van der Waals surface area contributed by atoms with Crippen LogP contribution in [0, 0.1) is 18.9 Å². The molecule has 1 aromatic rings. The molecule has 5 heteroatoms. The molecule has 1 N–H and O–H groups in total. The molecule has 2 rings (SSSR count). The average molecular weight is 505 g/mol. The molecule has 1 atom stereocenters. The van der Waals surface area contributed by atoms with Gasteiger partial charge in [0, 0.05) is 0 Å². The molecule has 170 valence electrons. The summed E-state index contributed by atoms with van der Waals surface area (Å²) in [5.41, 5.74) is 6.80. The second-order valence-corrected chi connectivity index (χ2v) is 13.3. The van der Waals surface area contributed by atoms with Crippen LogP contribution in [-0.2, 0) is 25.4 Å². The van der Waals surface area contributed by atoms with Gasteiger partial charge in [0.2, 0.25) is 0 Å². The Balaban J connectivity index is -0.000000417. The van der Waals surface area contributed by atoms with Crippen molar-refractivity contribution >= 4 is 42.6 Å². The van der Waals surface area contributed by atoms with Gasteiger partial charge < -0.3 is 5.11 Å². The first-order valence-electron chi connectivity index (χ1n) is 10.0. The van der Waals surface area contributed by atoms with E-state index >= 15 is 0 Å².